The Morgan fingerprint density at radius 2 is 2.04 bits per heavy atom. The van der Waals surface area contributed by atoms with Crippen molar-refractivity contribution in [2.75, 3.05) is 11.9 Å². The second-order valence-electron chi connectivity index (χ2n) is 5.44. The van der Waals surface area contributed by atoms with Crippen LogP contribution in [0.25, 0.3) is 0 Å². The summed E-state index contributed by atoms with van der Waals surface area (Å²) in [6, 6.07) is 9.54. The molecule has 0 unspecified atom stereocenters. The quantitative estimate of drug-likeness (QED) is 0.649. The third-order valence-corrected chi connectivity index (χ3v) is 3.52. The molecule has 0 saturated heterocycles. The van der Waals surface area contributed by atoms with E-state index in [1.165, 1.54) is 0 Å². The summed E-state index contributed by atoms with van der Waals surface area (Å²) in [4.78, 5) is 27.3. The minimum Gasteiger partial charge on any atom is -0.544 e. The van der Waals surface area contributed by atoms with Crippen molar-refractivity contribution in [1.82, 2.24) is 4.98 Å². The molecule has 132 valence electrons. The molecule has 0 radical (unpaired) electrons. The molecule has 1 heterocycles. The molecule has 1 aromatic heterocycles. The Balaban J connectivity index is 1.87. The second-order valence-corrected chi connectivity index (χ2v) is 5.44. The number of hydrogen-bond acceptors (Lipinski definition) is 5. The van der Waals surface area contributed by atoms with Crippen LogP contribution in [0.4, 0.5) is 5.69 Å². The number of carbonyl (C=O) groups excluding carboxylic acids is 2. The monoisotopic (exact) mass is 343 g/mol. The lowest BCUT2D eigenvalue weighted by Crippen LogP contribution is -2.92. The second kappa shape index (κ2) is 9.39. The number of carboxylic acids is 1. The first-order chi connectivity index (χ1) is 12.1. The van der Waals surface area contributed by atoms with Gasteiger partial charge in [-0.1, -0.05) is 6.07 Å². The average Bonchev–Trinajstić information content (AvgIpc) is 2.61. The van der Waals surface area contributed by atoms with Crippen molar-refractivity contribution in [2.45, 2.75) is 25.9 Å². The van der Waals surface area contributed by atoms with Crippen molar-refractivity contribution >= 4 is 17.6 Å². The number of nitrogens with zero attached hydrogens (tertiary/aromatic N) is 1. The number of aliphatic carboxylic acids is 1. The van der Waals surface area contributed by atoms with E-state index >= 15 is 0 Å². The summed E-state index contributed by atoms with van der Waals surface area (Å²) in [7, 11) is 0. The van der Waals surface area contributed by atoms with Gasteiger partial charge in [0, 0.05) is 23.6 Å². The van der Waals surface area contributed by atoms with Gasteiger partial charge >= 0.3 is 0 Å². The maximum atomic E-state index is 12.1. The van der Waals surface area contributed by atoms with Gasteiger partial charge in [-0.25, -0.2) is 0 Å². The van der Waals surface area contributed by atoms with E-state index < -0.39 is 12.0 Å². The maximum absolute atomic E-state index is 12.1. The minimum absolute atomic E-state index is 0.185. The van der Waals surface area contributed by atoms with Crippen LogP contribution < -0.4 is 20.5 Å². The van der Waals surface area contributed by atoms with Crippen LogP contribution in [-0.2, 0) is 16.1 Å². The Morgan fingerprint density at radius 1 is 1.28 bits per heavy atom. The molecule has 25 heavy (non-hydrogen) atoms. The van der Waals surface area contributed by atoms with Crippen molar-refractivity contribution in [3.05, 3.63) is 54.4 Å². The van der Waals surface area contributed by atoms with Crippen LogP contribution in [0.15, 0.2) is 48.8 Å². The van der Waals surface area contributed by atoms with Crippen LogP contribution in [0.2, 0.25) is 0 Å². The van der Waals surface area contributed by atoms with E-state index in [1.807, 2.05) is 13.0 Å². The van der Waals surface area contributed by atoms with Gasteiger partial charge in [-0.15, -0.1) is 0 Å². The smallest absolute Gasteiger partial charge is 0.230 e. The Bertz CT molecular complexity index is 689. The maximum Gasteiger partial charge on any atom is 0.230 e. The standard InChI is InChI=1S/C18H21N3O4/c1-2-25-15-7-5-14(6-8-15)21-17(22)10-16(18(23)24)20-12-13-4-3-9-19-11-13/h3-9,11,16,20H,2,10,12H2,1H3,(H,21,22)(H,23,24)/t16-/m1/s1. The van der Waals surface area contributed by atoms with E-state index in [0.29, 0.717) is 24.6 Å². The first kappa shape index (κ1) is 18.4. The normalized spacial score (nSPS) is 11.6. The largest absolute Gasteiger partial charge is 0.544 e. The number of pyridine rings is 1. The molecule has 0 aliphatic rings. The van der Waals surface area contributed by atoms with Crippen LogP contribution in [-0.4, -0.2) is 29.5 Å². The third kappa shape index (κ3) is 6.23. The molecule has 1 amide bonds. The highest BCUT2D eigenvalue weighted by Gasteiger charge is 2.18. The van der Waals surface area contributed by atoms with Crippen molar-refractivity contribution in [3.63, 3.8) is 0 Å². The number of ether oxygens (including phenoxy) is 1. The van der Waals surface area contributed by atoms with Gasteiger partial charge in [0.25, 0.3) is 0 Å². The van der Waals surface area contributed by atoms with Crippen LogP contribution in [0.1, 0.15) is 18.9 Å². The molecule has 7 heteroatoms. The van der Waals surface area contributed by atoms with E-state index in [4.69, 9.17) is 4.74 Å². The van der Waals surface area contributed by atoms with Crippen LogP contribution in [0.3, 0.4) is 0 Å². The summed E-state index contributed by atoms with van der Waals surface area (Å²) < 4.78 is 5.33. The first-order valence-corrected chi connectivity index (χ1v) is 8.04. The number of aromatic nitrogens is 1. The Labute approximate surface area is 146 Å². The van der Waals surface area contributed by atoms with Crippen LogP contribution >= 0.6 is 0 Å². The molecule has 1 atom stereocenters. The summed E-state index contributed by atoms with van der Waals surface area (Å²) in [5, 5.41) is 15.5. The molecule has 0 aliphatic carbocycles. The third-order valence-electron chi connectivity index (χ3n) is 3.52. The molecule has 3 N–H and O–H groups in total. The van der Waals surface area contributed by atoms with Gasteiger partial charge in [0.1, 0.15) is 18.3 Å². The van der Waals surface area contributed by atoms with Gasteiger partial charge in [0.15, 0.2) is 0 Å². The molecule has 1 aromatic carbocycles. The fourth-order valence-electron chi connectivity index (χ4n) is 2.27. The lowest BCUT2D eigenvalue weighted by Gasteiger charge is -2.16. The number of nitrogens with one attached hydrogen (secondary N) is 1. The fraction of sp³-hybridized carbons (Fsp3) is 0.278. The van der Waals surface area contributed by atoms with Gasteiger partial charge in [-0.3, -0.25) is 9.78 Å². The highest BCUT2D eigenvalue weighted by Crippen LogP contribution is 2.15. The van der Waals surface area contributed by atoms with Crippen LogP contribution in [0.5, 0.6) is 5.75 Å². The van der Waals surface area contributed by atoms with Crippen molar-refractivity contribution < 1.29 is 24.7 Å². The molecular weight excluding hydrogens is 322 g/mol. The Morgan fingerprint density at radius 3 is 2.64 bits per heavy atom. The highest BCUT2D eigenvalue weighted by atomic mass is 16.5. The first-order valence-electron chi connectivity index (χ1n) is 8.04. The van der Waals surface area contributed by atoms with Gasteiger partial charge in [-0.2, -0.15) is 0 Å². The molecule has 0 fully saturated rings. The van der Waals surface area contributed by atoms with E-state index in [9.17, 15) is 14.7 Å². The number of quaternary nitrogens is 1. The van der Waals surface area contributed by atoms with Gasteiger partial charge in [0.05, 0.1) is 19.0 Å². The minimum atomic E-state index is -1.27. The van der Waals surface area contributed by atoms with Gasteiger partial charge in [-0.05, 0) is 37.3 Å². The zero-order valence-electron chi connectivity index (χ0n) is 14.0. The number of rotatable bonds is 9. The Kier molecular flexibility index (Phi) is 6.91. The number of benzene rings is 1. The Hall–Kier alpha value is -2.93. The number of carboxylic acid groups (broad SMARTS) is 1. The molecular formula is C18H21N3O4. The lowest BCUT2D eigenvalue weighted by atomic mass is 10.1. The molecule has 0 aliphatic heterocycles. The molecule has 2 rings (SSSR count). The number of anilines is 1. The molecule has 0 saturated carbocycles. The molecule has 0 spiro atoms. The fourth-order valence-corrected chi connectivity index (χ4v) is 2.27. The molecule has 7 nitrogen and oxygen atoms in total. The summed E-state index contributed by atoms with van der Waals surface area (Å²) in [5.74, 6) is -0.954. The van der Waals surface area contributed by atoms with Gasteiger partial charge in [0.2, 0.25) is 5.91 Å². The van der Waals surface area contributed by atoms with Crippen molar-refractivity contribution in [2.24, 2.45) is 0 Å². The van der Waals surface area contributed by atoms with E-state index in [0.717, 1.165) is 5.56 Å². The summed E-state index contributed by atoms with van der Waals surface area (Å²) in [6.45, 7) is 2.85. The van der Waals surface area contributed by atoms with E-state index in [2.05, 4.69) is 10.3 Å². The van der Waals surface area contributed by atoms with Crippen molar-refractivity contribution in [1.29, 1.82) is 0 Å². The average molecular weight is 343 g/mol. The number of carbonyl (C=O) groups is 2. The molecule has 2 aromatic rings. The van der Waals surface area contributed by atoms with Crippen LogP contribution in [0, 0.1) is 0 Å². The SMILES string of the molecule is CCOc1ccc(NC(=O)C[C@@H]([NH2+]Cc2cccnc2)C(=O)[O-])cc1. The number of amides is 1. The van der Waals surface area contributed by atoms with Crippen molar-refractivity contribution in [3.8, 4) is 5.75 Å². The lowest BCUT2D eigenvalue weighted by molar-refractivity contribution is -0.697. The number of nitrogens with two attached hydrogens (primary N) is 1. The predicted molar refractivity (Wildman–Crippen MR) is 89.5 cm³/mol. The highest BCUT2D eigenvalue weighted by molar-refractivity contribution is 5.93. The topological polar surface area (TPSA) is 108 Å². The van der Waals surface area contributed by atoms with E-state index in [1.54, 1.807) is 48.0 Å². The summed E-state index contributed by atoms with van der Waals surface area (Å²) in [6.07, 6.45) is 3.11. The molecule has 0 bridgehead atoms. The summed E-state index contributed by atoms with van der Waals surface area (Å²) in [5.41, 5.74) is 1.46. The zero-order valence-corrected chi connectivity index (χ0v) is 14.0. The van der Waals surface area contributed by atoms with Gasteiger partial charge < -0.3 is 25.3 Å². The summed E-state index contributed by atoms with van der Waals surface area (Å²) >= 11 is 0. The van der Waals surface area contributed by atoms with E-state index in [-0.39, 0.29) is 12.3 Å². The zero-order chi connectivity index (χ0) is 18.1. The predicted octanol–water partition coefficient (Wildman–Crippen LogP) is -0.309. The number of hydrogen-bond donors (Lipinski definition) is 2.